The lowest BCUT2D eigenvalue weighted by Gasteiger charge is -2.17. The highest BCUT2D eigenvalue weighted by molar-refractivity contribution is 5.23. The summed E-state index contributed by atoms with van der Waals surface area (Å²) in [6.07, 6.45) is 5.83. The summed E-state index contributed by atoms with van der Waals surface area (Å²) in [7, 11) is 0. The molecule has 2 heterocycles. The molecule has 1 aliphatic heterocycles. The zero-order valence-electron chi connectivity index (χ0n) is 14.0. The van der Waals surface area contributed by atoms with Crippen LogP contribution in [0.15, 0.2) is 48.7 Å². The van der Waals surface area contributed by atoms with Crippen LogP contribution < -0.4 is 10.1 Å². The number of aromatic nitrogens is 1. The Morgan fingerprint density at radius 3 is 2.83 bits per heavy atom. The number of ether oxygens (including phenoxy) is 1. The van der Waals surface area contributed by atoms with E-state index in [0.29, 0.717) is 6.04 Å². The van der Waals surface area contributed by atoms with Crippen LogP contribution in [-0.4, -0.2) is 35.1 Å². The van der Waals surface area contributed by atoms with Crippen LogP contribution in [-0.2, 0) is 13.1 Å². The second-order valence-corrected chi connectivity index (χ2v) is 6.89. The van der Waals surface area contributed by atoms with Crippen molar-refractivity contribution in [2.24, 2.45) is 0 Å². The number of likely N-dealkylation sites (tertiary alicyclic amines) is 1. The van der Waals surface area contributed by atoms with Gasteiger partial charge in [0.05, 0.1) is 5.69 Å². The molecule has 1 aromatic carbocycles. The molecule has 0 radical (unpaired) electrons. The van der Waals surface area contributed by atoms with Crippen molar-refractivity contribution in [2.75, 3.05) is 13.1 Å². The molecule has 1 N–H and O–H groups in total. The van der Waals surface area contributed by atoms with Gasteiger partial charge in [0.1, 0.15) is 11.9 Å². The number of hydrogen-bond acceptors (Lipinski definition) is 4. The van der Waals surface area contributed by atoms with E-state index in [2.05, 4.69) is 51.6 Å². The minimum Gasteiger partial charge on any atom is -0.489 e. The molecule has 1 aliphatic carbocycles. The largest absolute Gasteiger partial charge is 0.489 e. The molecule has 1 aromatic heterocycles. The molecule has 0 amide bonds. The summed E-state index contributed by atoms with van der Waals surface area (Å²) in [6, 6.07) is 15.4. The van der Waals surface area contributed by atoms with Gasteiger partial charge >= 0.3 is 0 Å². The molecular formula is C20H25N3O. The summed E-state index contributed by atoms with van der Waals surface area (Å²) in [5.41, 5.74) is 2.44. The minimum atomic E-state index is 0.278. The van der Waals surface area contributed by atoms with Gasteiger partial charge in [-0.05, 0) is 30.9 Å². The highest BCUT2D eigenvalue weighted by Gasteiger charge is 2.24. The average molecular weight is 323 g/mol. The van der Waals surface area contributed by atoms with E-state index < -0.39 is 0 Å². The van der Waals surface area contributed by atoms with Gasteiger partial charge in [0, 0.05) is 44.5 Å². The van der Waals surface area contributed by atoms with Crippen LogP contribution in [0.2, 0.25) is 0 Å². The van der Waals surface area contributed by atoms with Crippen LogP contribution in [0.25, 0.3) is 0 Å². The van der Waals surface area contributed by atoms with Crippen molar-refractivity contribution in [1.82, 2.24) is 15.2 Å². The fourth-order valence-electron chi connectivity index (χ4n) is 3.23. The smallest absolute Gasteiger partial charge is 0.123 e. The van der Waals surface area contributed by atoms with Crippen molar-refractivity contribution in [1.29, 1.82) is 0 Å². The summed E-state index contributed by atoms with van der Waals surface area (Å²) in [5.74, 6) is 0.948. The van der Waals surface area contributed by atoms with Gasteiger partial charge in [-0.3, -0.25) is 9.88 Å². The molecular weight excluding hydrogens is 298 g/mol. The lowest BCUT2D eigenvalue weighted by Crippen LogP contribution is -2.24. The Morgan fingerprint density at radius 1 is 1.12 bits per heavy atom. The first-order valence-corrected chi connectivity index (χ1v) is 8.96. The standard InChI is InChI=1S/C20H25N3O/c1-2-4-16(5-3-1)14-23-11-9-20(15-23)24-19-8-10-21-18(12-19)13-22-17-6-7-17/h1-5,8,10,12,17,20,22H,6-7,9,11,13-15H2. The quantitative estimate of drug-likeness (QED) is 0.850. The van der Waals surface area contributed by atoms with Gasteiger partial charge in [0.15, 0.2) is 0 Å². The summed E-state index contributed by atoms with van der Waals surface area (Å²) >= 11 is 0. The SMILES string of the molecule is c1ccc(CN2CCC(Oc3ccnc(CNC4CC4)c3)C2)cc1. The number of benzene rings is 1. The van der Waals surface area contributed by atoms with Crippen LogP contribution in [0.5, 0.6) is 5.75 Å². The van der Waals surface area contributed by atoms with E-state index >= 15 is 0 Å². The molecule has 0 bridgehead atoms. The average Bonchev–Trinajstić information content (AvgIpc) is 3.35. The Labute approximate surface area is 143 Å². The van der Waals surface area contributed by atoms with Crippen molar-refractivity contribution in [3.8, 4) is 5.75 Å². The van der Waals surface area contributed by atoms with E-state index in [1.54, 1.807) is 0 Å². The van der Waals surface area contributed by atoms with Crippen LogP contribution in [0.4, 0.5) is 0 Å². The Kier molecular flexibility index (Phi) is 4.76. The monoisotopic (exact) mass is 323 g/mol. The van der Waals surface area contributed by atoms with E-state index in [0.717, 1.165) is 44.0 Å². The Balaban J connectivity index is 1.28. The molecule has 2 fully saturated rings. The van der Waals surface area contributed by atoms with Gasteiger partial charge < -0.3 is 10.1 Å². The number of pyridine rings is 1. The Hall–Kier alpha value is -1.91. The Morgan fingerprint density at radius 2 is 2.00 bits per heavy atom. The molecule has 24 heavy (non-hydrogen) atoms. The highest BCUT2D eigenvalue weighted by atomic mass is 16.5. The maximum Gasteiger partial charge on any atom is 0.123 e. The fourth-order valence-corrected chi connectivity index (χ4v) is 3.23. The van der Waals surface area contributed by atoms with Crippen molar-refractivity contribution in [2.45, 2.75) is 44.5 Å². The highest BCUT2D eigenvalue weighted by Crippen LogP contribution is 2.22. The molecule has 0 spiro atoms. The minimum absolute atomic E-state index is 0.278. The lowest BCUT2D eigenvalue weighted by atomic mass is 10.2. The summed E-state index contributed by atoms with van der Waals surface area (Å²) < 4.78 is 6.20. The van der Waals surface area contributed by atoms with Crippen molar-refractivity contribution < 1.29 is 4.74 Å². The zero-order chi connectivity index (χ0) is 16.2. The fraction of sp³-hybridized carbons (Fsp3) is 0.450. The second kappa shape index (κ2) is 7.32. The molecule has 1 atom stereocenters. The number of nitrogens with one attached hydrogen (secondary N) is 1. The lowest BCUT2D eigenvalue weighted by molar-refractivity contribution is 0.198. The molecule has 1 unspecified atom stereocenters. The third-order valence-corrected chi connectivity index (χ3v) is 4.72. The van der Waals surface area contributed by atoms with Gasteiger partial charge in [-0.25, -0.2) is 0 Å². The third kappa shape index (κ3) is 4.34. The maximum absolute atomic E-state index is 6.20. The van der Waals surface area contributed by atoms with Crippen LogP contribution in [0.3, 0.4) is 0 Å². The summed E-state index contributed by atoms with van der Waals surface area (Å²) in [5, 5.41) is 3.50. The van der Waals surface area contributed by atoms with Gasteiger partial charge in [0.2, 0.25) is 0 Å². The number of rotatable bonds is 7. The van der Waals surface area contributed by atoms with E-state index in [-0.39, 0.29) is 6.10 Å². The maximum atomic E-state index is 6.20. The van der Waals surface area contributed by atoms with Crippen molar-refractivity contribution >= 4 is 0 Å². The summed E-state index contributed by atoms with van der Waals surface area (Å²) in [6.45, 7) is 3.94. The molecule has 4 nitrogen and oxygen atoms in total. The normalized spacial score (nSPS) is 21.1. The van der Waals surface area contributed by atoms with E-state index in [4.69, 9.17) is 4.74 Å². The molecule has 126 valence electrons. The molecule has 1 saturated carbocycles. The van der Waals surface area contributed by atoms with E-state index in [9.17, 15) is 0 Å². The zero-order valence-corrected chi connectivity index (χ0v) is 14.0. The molecule has 1 saturated heterocycles. The third-order valence-electron chi connectivity index (χ3n) is 4.72. The van der Waals surface area contributed by atoms with E-state index in [1.165, 1.54) is 18.4 Å². The van der Waals surface area contributed by atoms with Gasteiger partial charge in [-0.2, -0.15) is 0 Å². The molecule has 2 aromatic rings. The van der Waals surface area contributed by atoms with Crippen molar-refractivity contribution in [3.05, 3.63) is 59.9 Å². The van der Waals surface area contributed by atoms with E-state index in [1.807, 2.05) is 12.3 Å². The van der Waals surface area contributed by atoms with Gasteiger partial charge in [0.25, 0.3) is 0 Å². The van der Waals surface area contributed by atoms with Crippen molar-refractivity contribution in [3.63, 3.8) is 0 Å². The Bertz CT molecular complexity index is 657. The topological polar surface area (TPSA) is 37.4 Å². The number of hydrogen-bond donors (Lipinski definition) is 1. The summed E-state index contributed by atoms with van der Waals surface area (Å²) in [4.78, 5) is 6.90. The predicted molar refractivity (Wildman–Crippen MR) is 94.9 cm³/mol. The first-order chi connectivity index (χ1) is 11.8. The molecule has 4 rings (SSSR count). The predicted octanol–water partition coefficient (Wildman–Crippen LogP) is 2.99. The molecule has 4 heteroatoms. The van der Waals surface area contributed by atoms with Gasteiger partial charge in [-0.15, -0.1) is 0 Å². The van der Waals surface area contributed by atoms with Crippen LogP contribution in [0, 0.1) is 0 Å². The van der Waals surface area contributed by atoms with Crippen LogP contribution >= 0.6 is 0 Å². The van der Waals surface area contributed by atoms with Gasteiger partial charge in [-0.1, -0.05) is 30.3 Å². The number of nitrogens with zero attached hydrogens (tertiary/aromatic N) is 2. The molecule has 2 aliphatic rings. The first-order valence-electron chi connectivity index (χ1n) is 8.96. The first kappa shape index (κ1) is 15.6. The van der Waals surface area contributed by atoms with Crippen LogP contribution in [0.1, 0.15) is 30.5 Å². The second-order valence-electron chi connectivity index (χ2n) is 6.89.